The van der Waals surface area contributed by atoms with Gasteiger partial charge in [0.2, 0.25) is 0 Å². The maximum absolute atomic E-state index is 3.93. The molecule has 0 bridgehead atoms. The van der Waals surface area contributed by atoms with Crippen LogP contribution >= 0.6 is 0 Å². The van der Waals surface area contributed by atoms with Crippen molar-refractivity contribution in [2.75, 3.05) is 4.90 Å². The van der Waals surface area contributed by atoms with E-state index in [9.17, 15) is 0 Å². The molecular formula is C40H39N. The van der Waals surface area contributed by atoms with Gasteiger partial charge in [0, 0.05) is 17.1 Å². The lowest BCUT2D eigenvalue weighted by Gasteiger charge is -2.25. The first-order valence-electron chi connectivity index (χ1n) is 14.7. The van der Waals surface area contributed by atoms with E-state index in [0.29, 0.717) is 5.92 Å². The number of para-hydroxylation sites is 2. The Bertz CT molecular complexity index is 1480. The van der Waals surface area contributed by atoms with Gasteiger partial charge in [-0.05, 0) is 103 Å². The minimum absolute atomic E-state index is 0.445. The summed E-state index contributed by atoms with van der Waals surface area (Å²) in [6.07, 6.45) is 19.8. The maximum Gasteiger partial charge on any atom is 0.0462 e. The highest BCUT2D eigenvalue weighted by Crippen LogP contribution is 2.35. The van der Waals surface area contributed by atoms with Gasteiger partial charge >= 0.3 is 0 Å². The van der Waals surface area contributed by atoms with Crippen LogP contribution in [0.25, 0.3) is 11.1 Å². The Balaban J connectivity index is 1.35. The second-order valence-electron chi connectivity index (χ2n) is 10.5. The smallest absolute Gasteiger partial charge is 0.0462 e. The van der Waals surface area contributed by atoms with Gasteiger partial charge in [0.05, 0.1) is 0 Å². The van der Waals surface area contributed by atoms with Gasteiger partial charge in [0.25, 0.3) is 0 Å². The molecule has 0 spiro atoms. The van der Waals surface area contributed by atoms with Crippen LogP contribution in [0.15, 0.2) is 169 Å². The van der Waals surface area contributed by atoms with Gasteiger partial charge in [0.1, 0.15) is 0 Å². The highest BCUT2D eigenvalue weighted by atomic mass is 15.1. The van der Waals surface area contributed by atoms with Crippen LogP contribution in [0.1, 0.15) is 31.7 Å². The van der Waals surface area contributed by atoms with Crippen LogP contribution < -0.4 is 4.90 Å². The molecule has 5 rings (SSSR count). The lowest BCUT2D eigenvalue weighted by molar-refractivity contribution is 0.615. The van der Waals surface area contributed by atoms with E-state index in [1.165, 1.54) is 27.8 Å². The number of anilines is 3. The van der Waals surface area contributed by atoms with Crippen LogP contribution in [0.5, 0.6) is 0 Å². The molecule has 0 saturated heterocycles. The van der Waals surface area contributed by atoms with Crippen LogP contribution in [0.3, 0.4) is 0 Å². The fraction of sp³-hybridized carbons (Fsp3) is 0.150. The van der Waals surface area contributed by atoms with Crippen molar-refractivity contribution >= 4 is 17.1 Å². The Hall–Kier alpha value is -4.62. The molecule has 0 aromatic heterocycles. The standard InChI is InChI=1S/C40H39N/c1-3-14-32(15-4-2)30-37(34-16-8-5-9-17-34)31-33-22-24-35(25-23-33)36-26-28-40(29-27-36)41(38-18-10-6-11-19-38)39-20-12-7-13-21-39/h3-4,6-8,10-29,37H,1,5,9,30-31H2,2H3. The van der Waals surface area contributed by atoms with Gasteiger partial charge in [-0.1, -0.05) is 122 Å². The van der Waals surface area contributed by atoms with Gasteiger partial charge in [-0.2, -0.15) is 0 Å². The van der Waals surface area contributed by atoms with Crippen molar-refractivity contribution in [2.45, 2.75) is 32.6 Å². The Morgan fingerprint density at radius 2 is 1.34 bits per heavy atom. The van der Waals surface area contributed by atoms with Crippen LogP contribution in [0.4, 0.5) is 17.1 Å². The zero-order chi connectivity index (χ0) is 28.3. The summed E-state index contributed by atoms with van der Waals surface area (Å²) in [4.78, 5) is 2.30. The van der Waals surface area contributed by atoms with Crippen molar-refractivity contribution in [1.29, 1.82) is 0 Å². The fourth-order valence-electron chi connectivity index (χ4n) is 5.61. The fourth-order valence-corrected chi connectivity index (χ4v) is 5.61. The Morgan fingerprint density at radius 1 is 0.756 bits per heavy atom. The summed E-state index contributed by atoms with van der Waals surface area (Å²) in [6.45, 7) is 6.01. The average molecular weight is 534 g/mol. The molecule has 4 aromatic carbocycles. The van der Waals surface area contributed by atoms with Crippen LogP contribution in [-0.2, 0) is 6.42 Å². The highest BCUT2D eigenvalue weighted by Gasteiger charge is 2.16. The zero-order valence-corrected chi connectivity index (χ0v) is 24.0. The molecular weight excluding hydrogens is 494 g/mol. The predicted octanol–water partition coefficient (Wildman–Crippen LogP) is 11.3. The van der Waals surface area contributed by atoms with Gasteiger partial charge in [-0.3, -0.25) is 0 Å². The van der Waals surface area contributed by atoms with E-state index >= 15 is 0 Å². The molecule has 41 heavy (non-hydrogen) atoms. The van der Waals surface area contributed by atoms with Crippen molar-refractivity contribution in [2.24, 2.45) is 5.92 Å². The molecule has 0 aliphatic heterocycles. The van der Waals surface area contributed by atoms with E-state index in [2.05, 4.69) is 164 Å². The van der Waals surface area contributed by atoms with Crippen molar-refractivity contribution in [3.8, 4) is 11.1 Å². The van der Waals surface area contributed by atoms with Crippen LogP contribution in [0, 0.1) is 5.92 Å². The minimum atomic E-state index is 0.445. The van der Waals surface area contributed by atoms with E-state index in [4.69, 9.17) is 0 Å². The molecule has 0 radical (unpaired) electrons. The molecule has 0 amide bonds. The number of hydrogen-bond acceptors (Lipinski definition) is 1. The van der Waals surface area contributed by atoms with E-state index in [-0.39, 0.29) is 0 Å². The minimum Gasteiger partial charge on any atom is -0.311 e. The number of nitrogens with zero attached hydrogens (tertiary/aromatic N) is 1. The molecule has 0 fully saturated rings. The summed E-state index contributed by atoms with van der Waals surface area (Å²) >= 11 is 0. The van der Waals surface area contributed by atoms with Gasteiger partial charge in [0.15, 0.2) is 0 Å². The van der Waals surface area contributed by atoms with Crippen molar-refractivity contribution < 1.29 is 0 Å². The third kappa shape index (κ3) is 7.32. The molecule has 1 atom stereocenters. The third-order valence-corrected chi connectivity index (χ3v) is 7.61. The zero-order valence-electron chi connectivity index (χ0n) is 24.0. The van der Waals surface area contributed by atoms with Crippen molar-refractivity contribution in [1.82, 2.24) is 0 Å². The SMILES string of the molecule is C=CC=C(C=CC)CC(Cc1ccc(-c2ccc(N(c3ccccc3)c3ccccc3)cc2)cc1)C1=CCCC=C1. The molecule has 0 saturated carbocycles. The first-order chi connectivity index (χ1) is 20.2. The summed E-state index contributed by atoms with van der Waals surface area (Å²) < 4.78 is 0. The van der Waals surface area contributed by atoms with E-state index in [1.807, 2.05) is 6.08 Å². The Morgan fingerprint density at radius 3 is 1.88 bits per heavy atom. The summed E-state index contributed by atoms with van der Waals surface area (Å²) in [7, 11) is 0. The van der Waals surface area contributed by atoms with Gasteiger partial charge in [-0.25, -0.2) is 0 Å². The molecule has 204 valence electrons. The maximum atomic E-state index is 3.93. The van der Waals surface area contributed by atoms with Gasteiger partial charge < -0.3 is 4.90 Å². The largest absolute Gasteiger partial charge is 0.311 e. The topological polar surface area (TPSA) is 3.24 Å². The summed E-state index contributed by atoms with van der Waals surface area (Å²) in [5.74, 6) is 0.445. The average Bonchev–Trinajstić information content (AvgIpc) is 3.03. The number of hydrogen-bond donors (Lipinski definition) is 0. The lowest BCUT2D eigenvalue weighted by Crippen LogP contribution is -2.09. The predicted molar refractivity (Wildman–Crippen MR) is 178 cm³/mol. The van der Waals surface area contributed by atoms with Crippen LogP contribution in [0.2, 0.25) is 0 Å². The van der Waals surface area contributed by atoms with E-state index in [0.717, 1.165) is 42.7 Å². The normalized spacial score (nSPS) is 14.1. The summed E-state index contributed by atoms with van der Waals surface area (Å²) in [5, 5.41) is 0. The molecule has 1 aliphatic carbocycles. The first kappa shape index (κ1) is 27.9. The van der Waals surface area contributed by atoms with E-state index in [1.54, 1.807) is 0 Å². The number of allylic oxidation sites excluding steroid dienone is 9. The number of rotatable bonds is 11. The second-order valence-corrected chi connectivity index (χ2v) is 10.5. The molecule has 1 heteroatoms. The molecule has 0 N–H and O–H groups in total. The van der Waals surface area contributed by atoms with Crippen LogP contribution in [-0.4, -0.2) is 0 Å². The monoisotopic (exact) mass is 533 g/mol. The molecule has 1 unspecified atom stereocenters. The Labute approximate surface area is 246 Å². The first-order valence-corrected chi connectivity index (χ1v) is 14.7. The molecule has 1 aliphatic rings. The molecule has 1 nitrogen and oxygen atoms in total. The highest BCUT2D eigenvalue weighted by molar-refractivity contribution is 5.78. The molecule has 4 aromatic rings. The van der Waals surface area contributed by atoms with Crippen molar-refractivity contribution in [3.05, 3.63) is 175 Å². The van der Waals surface area contributed by atoms with Crippen molar-refractivity contribution in [3.63, 3.8) is 0 Å². The van der Waals surface area contributed by atoms with E-state index < -0.39 is 0 Å². The van der Waals surface area contributed by atoms with Gasteiger partial charge in [-0.15, -0.1) is 0 Å². The third-order valence-electron chi connectivity index (χ3n) is 7.61. The summed E-state index contributed by atoms with van der Waals surface area (Å²) in [6, 6.07) is 39.1. The summed E-state index contributed by atoms with van der Waals surface area (Å²) in [5.41, 5.74) is 10.0. The second kappa shape index (κ2) is 14.1. The molecule has 0 heterocycles. The Kier molecular flexibility index (Phi) is 9.63. The lowest BCUT2D eigenvalue weighted by atomic mass is 9.83. The quantitative estimate of drug-likeness (QED) is 0.173. The number of benzene rings is 4.